The molecule has 0 aliphatic carbocycles. The van der Waals surface area contributed by atoms with Gasteiger partial charge in [-0.05, 0) is 30.5 Å². The summed E-state index contributed by atoms with van der Waals surface area (Å²) in [4.78, 5) is 10.6. The molecule has 0 radical (unpaired) electrons. The lowest BCUT2D eigenvalue weighted by Gasteiger charge is -2.10. The number of nitrogens with zero attached hydrogens (tertiary/aromatic N) is 3. The minimum atomic E-state index is 0. The zero-order valence-electron chi connectivity index (χ0n) is 14.3. The van der Waals surface area contributed by atoms with Crippen LogP contribution in [-0.2, 0) is 12.8 Å². The van der Waals surface area contributed by atoms with E-state index in [1.54, 1.807) is 11.3 Å². The topological polar surface area (TPSA) is 53.7 Å². The number of pyridine rings is 1. The van der Waals surface area contributed by atoms with Crippen LogP contribution < -0.4 is 10.6 Å². The van der Waals surface area contributed by atoms with Gasteiger partial charge in [-0.25, -0.2) is 4.98 Å². The Morgan fingerprint density at radius 3 is 2.88 bits per heavy atom. The number of fused-ring (bicyclic) bond motifs is 1. The van der Waals surface area contributed by atoms with E-state index in [4.69, 9.17) is 0 Å². The predicted octanol–water partition coefficient (Wildman–Crippen LogP) is 3.35. The molecule has 0 aromatic carbocycles. The highest BCUT2D eigenvalue weighted by atomic mass is 127. The normalized spacial score (nSPS) is 11.3. The number of aromatic nitrogens is 2. The van der Waals surface area contributed by atoms with E-state index in [0.717, 1.165) is 49.8 Å². The lowest BCUT2D eigenvalue weighted by molar-refractivity contribution is 0.790. The van der Waals surface area contributed by atoms with E-state index in [9.17, 15) is 0 Å². The number of imidazole rings is 1. The van der Waals surface area contributed by atoms with Gasteiger partial charge in [0.1, 0.15) is 5.65 Å². The van der Waals surface area contributed by atoms with Crippen LogP contribution in [0.5, 0.6) is 0 Å². The summed E-state index contributed by atoms with van der Waals surface area (Å²) in [6.45, 7) is 4.55. The number of nitrogens with one attached hydrogen (secondary N) is 2. The van der Waals surface area contributed by atoms with Crippen LogP contribution in [0.1, 0.15) is 17.5 Å². The summed E-state index contributed by atoms with van der Waals surface area (Å²) in [5.41, 5.74) is 2.08. The van der Waals surface area contributed by atoms with E-state index < -0.39 is 0 Å². The van der Waals surface area contributed by atoms with Gasteiger partial charge in [-0.3, -0.25) is 4.99 Å². The highest BCUT2D eigenvalue weighted by Crippen LogP contribution is 2.08. The van der Waals surface area contributed by atoms with Gasteiger partial charge in [0.15, 0.2) is 5.96 Å². The van der Waals surface area contributed by atoms with Gasteiger partial charge in [0, 0.05) is 49.7 Å². The van der Waals surface area contributed by atoms with Gasteiger partial charge >= 0.3 is 0 Å². The van der Waals surface area contributed by atoms with E-state index in [0.29, 0.717) is 0 Å². The Balaban J connectivity index is 0.00000225. The number of thiophene rings is 1. The second-order valence-corrected chi connectivity index (χ2v) is 6.50. The standard InChI is InChI=1S/C18H23N5S.HI/c1-2-19-18(21-11-9-16-6-5-13-24-16)20-10-8-15-14-23-12-4-3-7-17(23)22-15;/h3-7,12-14H,2,8-11H2,1H3,(H2,19,20,21);1H. The fraction of sp³-hybridized carbons (Fsp3) is 0.333. The second kappa shape index (κ2) is 10.4. The summed E-state index contributed by atoms with van der Waals surface area (Å²) in [5.74, 6) is 0.873. The molecule has 5 nitrogen and oxygen atoms in total. The average molecular weight is 469 g/mol. The lowest BCUT2D eigenvalue weighted by Crippen LogP contribution is -2.38. The van der Waals surface area contributed by atoms with Crippen LogP contribution in [-0.4, -0.2) is 35.0 Å². The molecular formula is C18H24IN5S. The third-order valence-corrected chi connectivity index (χ3v) is 4.58. The van der Waals surface area contributed by atoms with Gasteiger partial charge in [-0.1, -0.05) is 12.1 Å². The molecule has 0 unspecified atom stereocenters. The molecule has 25 heavy (non-hydrogen) atoms. The zero-order chi connectivity index (χ0) is 16.6. The molecule has 0 saturated heterocycles. The van der Waals surface area contributed by atoms with E-state index in [1.807, 2.05) is 24.4 Å². The van der Waals surface area contributed by atoms with Crippen molar-refractivity contribution in [3.8, 4) is 0 Å². The summed E-state index contributed by atoms with van der Waals surface area (Å²) < 4.78 is 2.05. The Morgan fingerprint density at radius 1 is 1.20 bits per heavy atom. The number of rotatable bonds is 7. The first-order valence-electron chi connectivity index (χ1n) is 8.32. The van der Waals surface area contributed by atoms with Crippen molar-refractivity contribution >= 4 is 46.9 Å². The summed E-state index contributed by atoms with van der Waals surface area (Å²) in [7, 11) is 0. The molecule has 0 saturated carbocycles. The largest absolute Gasteiger partial charge is 0.357 e. The molecule has 0 aliphatic rings. The van der Waals surface area contributed by atoms with Crippen molar-refractivity contribution in [3.63, 3.8) is 0 Å². The smallest absolute Gasteiger partial charge is 0.191 e. The molecule has 0 bridgehead atoms. The van der Waals surface area contributed by atoms with Crippen molar-refractivity contribution in [2.45, 2.75) is 19.8 Å². The Labute approximate surface area is 169 Å². The summed E-state index contributed by atoms with van der Waals surface area (Å²) in [5, 5.41) is 8.79. The Kier molecular flexibility index (Phi) is 8.20. The number of guanidine groups is 1. The van der Waals surface area contributed by atoms with Crippen LogP contribution in [0, 0.1) is 0 Å². The van der Waals surface area contributed by atoms with Crippen molar-refractivity contribution < 1.29 is 0 Å². The van der Waals surface area contributed by atoms with Crippen LogP contribution in [0.3, 0.4) is 0 Å². The maximum Gasteiger partial charge on any atom is 0.191 e. The highest BCUT2D eigenvalue weighted by molar-refractivity contribution is 14.0. The molecule has 3 aromatic heterocycles. The lowest BCUT2D eigenvalue weighted by atomic mass is 10.3. The molecule has 7 heteroatoms. The van der Waals surface area contributed by atoms with Crippen LogP contribution in [0.15, 0.2) is 53.1 Å². The fourth-order valence-corrected chi connectivity index (χ4v) is 3.19. The molecule has 3 aromatic rings. The first-order chi connectivity index (χ1) is 11.8. The van der Waals surface area contributed by atoms with Crippen LogP contribution in [0.4, 0.5) is 0 Å². The summed E-state index contributed by atoms with van der Waals surface area (Å²) in [6, 6.07) is 10.3. The zero-order valence-corrected chi connectivity index (χ0v) is 17.5. The number of hydrogen-bond donors (Lipinski definition) is 2. The van der Waals surface area contributed by atoms with E-state index in [1.165, 1.54) is 4.88 Å². The minimum absolute atomic E-state index is 0. The van der Waals surface area contributed by atoms with Crippen molar-refractivity contribution in [3.05, 3.63) is 58.7 Å². The van der Waals surface area contributed by atoms with Gasteiger partial charge in [0.05, 0.1) is 5.69 Å². The van der Waals surface area contributed by atoms with Crippen molar-refractivity contribution in [2.24, 2.45) is 4.99 Å². The van der Waals surface area contributed by atoms with Crippen molar-refractivity contribution in [1.82, 2.24) is 20.0 Å². The monoisotopic (exact) mass is 469 g/mol. The molecule has 0 atom stereocenters. The van der Waals surface area contributed by atoms with Crippen LogP contribution in [0.2, 0.25) is 0 Å². The molecule has 3 heterocycles. The summed E-state index contributed by atoms with van der Waals surface area (Å²) in [6.07, 6.45) is 5.96. The van der Waals surface area contributed by atoms with Gasteiger partial charge in [-0.2, -0.15) is 0 Å². The molecule has 2 N–H and O–H groups in total. The molecule has 0 fully saturated rings. The van der Waals surface area contributed by atoms with E-state index >= 15 is 0 Å². The van der Waals surface area contributed by atoms with Crippen LogP contribution >= 0.6 is 35.3 Å². The van der Waals surface area contributed by atoms with Crippen molar-refractivity contribution in [1.29, 1.82) is 0 Å². The minimum Gasteiger partial charge on any atom is -0.357 e. The van der Waals surface area contributed by atoms with Gasteiger partial charge in [0.2, 0.25) is 0 Å². The number of aliphatic imine (C=N–C) groups is 1. The van der Waals surface area contributed by atoms with E-state index in [-0.39, 0.29) is 24.0 Å². The predicted molar refractivity (Wildman–Crippen MR) is 116 cm³/mol. The van der Waals surface area contributed by atoms with Gasteiger partial charge in [0.25, 0.3) is 0 Å². The van der Waals surface area contributed by atoms with Gasteiger partial charge in [-0.15, -0.1) is 35.3 Å². The SMILES string of the molecule is CCNC(=NCCc1cccs1)NCCc1cn2ccccc2n1.I. The second-order valence-electron chi connectivity index (χ2n) is 5.47. The van der Waals surface area contributed by atoms with Gasteiger partial charge < -0.3 is 15.0 Å². The first-order valence-corrected chi connectivity index (χ1v) is 9.20. The molecule has 134 valence electrons. The van der Waals surface area contributed by atoms with Crippen LogP contribution in [0.25, 0.3) is 5.65 Å². The molecule has 0 aliphatic heterocycles. The third-order valence-electron chi connectivity index (χ3n) is 3.64. The fourth-order valence-electron chi connectivity index (χ4n) is 2.49. The quantitative estimate of drug-likeness (QED) is 0.317. The maximum absolute atomic E-state index is 4.64. The first kappa shape index (κ1) is 19.7. The third kappa shape index (κ3) is 6.00. The van der Waals surface area contributed by atoms with Crippen molar-refractivity contribution in [2.75, 3.05) is 19.6 Å². The number of hydrogen-bond acceptors (Lipinski definition) is 3. The molecular weight excluding hydrogens is 445 g/mol. The van der Waals surface area contributed by atoms with E-state index in [2.05, 4.69) is 55.6 Å². The molecule has 0 spiro atoms. The Hall–Kier alpha value is -1.61. The molecule has 3 rings (SSSR count). The highest BCUT2D eigenvalue weighted by Gasteiger charge is 2.02. The average Bonchev–Trinajstić information content (AvgIpc) is 3.23. The summed E-state index contributed by atoms with van der Waals surface area (Å²) >= 11 is 1.78. The maximum atomic E-state index is 4.64. The Bertz CT molecular complexity index is 749. The Morgan fingerprint density at radius 2 is 2.12 bits per heavy atom. The molecule has 0 amide bonds. The number of halogens is 1.